The smallest absolute Gasteiger partial charge is 0.321 e. The molecule has 0 radical (unpaired) electrons. The van der Waals surface area contributed by atoms with Crippen LogP contribution in [0, 0.1) is 11.8 Å². The minimum Gasteiger partial charge on any atom is -0.496 e. The number of carbonyl (C=O) groups excluding carboxylic acids is 1. The fraction of sp³-hybridized carbons (Fsp3) is 0.350. The van der Waals surface area contributed by atoms with Crippen molar-refractivity contribution in [1.29, 1.82) is 0 Å². The summed E-state index contributed by atoms with van der Waals surface area (Å²) >= 11 is 0. The summed E-state index contributed by atoms with van der Waals surface area (Å²) in [7, 11) is 1.64. The molecule has 0 unspecified atom stereocenters. The molecule has 138 valence electrons. The van der Waals surface area contributed by atoms with Crippen LogP contribution in [0.4, 0.5) is 10.5 Å². The molecular weight excluding hydrogens is 332 g/mol. The van der Waals surface area contributed by atoms with Gasteiger partial charge in [-0.05, 0) is 23.8 Å². The first-order chi connectivity index (χ1) is 12.7. The van der Waals surface area contributed by atoms with Gasteiger partial charge >= 0.3 is 6.03 Å². The molecule has 1 fully saturated rings. The largest absolute Gasteiger partial charge is 0.496 e. The number of likely N-dealkylation sites (tertiary alicyclic amines) is 1. The van der Waals surface area contributed by atoms with Gasteiger partial charge in [-0.2, -0.15) is 0 Å². The third-order valence-corrected chi connectivity index (χ3v) is 4.89. The van der Waals surface area contributed by atoms with E-state index < -0.39 is 0 Å². The summed E-state index contributed by atoms with van der Waals surface area (Å²) in [5, 5.41) is 21.6. The molecule has 0 spiro atoms. The number of aliphatic hydroxyl groups excluding tert-OH is 2. The Morgan fingerprint density at radius 1 is 1.08 bits per heavy atom. The molecule has 1 aliphatic heterocycles. The van der Waals surface area contributed by atoms with Crippen LogP contribution in [0.1, 0.15) is 0 Å². The first kappa shape index (κ1) is 18.2. The lowest BCUT2D eigenvalue weighted by molar-refractivity contribution is 0.152. The van der Waals surface area contributed by atoms with Gasteiger partial charge in [-0.15, -0.1) is 0 Å². The van der Waals surface area contributed by atoms with Gasteiger partial charge in [-0.1, -0.05) is 30.3 Å². The molecule has 0 bridgehead atoms. The van der Waals surface area contributed by atoms with Crippen molar-refractivity contribution in [2.45, 2.75) is 0 Å². The van der Waals surface area contributed by atoms with Crippen LogP contribution in [0.25, 0.3) is 11.1 Å². The van der Waals surface area contributed by atoms with Gasteiger partial charge in [0, 0.05) is 49.4 Å². The van der Waals surface area contributed by atoms with Crippen LogP contribution in [0.3, 0.4) is 0 Å². The van der Waals surface area contributed by atoms with Crippen LogP contribution < -0.4 is 10.1 Å². The maximum atomic E-state index is 12.4. The normalized spacial score (nSPS) is 19.4. The second kappa shape index (κ2) is 8.21. The van der Waals surface area contributed by atoms with Crippen LogP contribution in [0.15, 0.2) is 48.5 Å². The van der Waals surface area contributed by atoms with E-state index in [0.717, 1.165) is 16.9 Å². The highest BCUT2D eigenvalue weighted by molar-refractivity contribution is 5.90. The molecule has 3 rings (SSSR count). The molecule has 26 heavy (non-hydrogen) atoms. The van der Waals surface area contributed by atoms with E-state index in [4.69, 9.17) is 4.74 Å². The third kappa shape index (κ3) is 3.81. The quantitative estimate of drug-likeness (QED) is 0.768. The van der Waals surface area contributed by atoms with E-state index in [0.29, 0.717) is 18.8 Å². The number of para-hydroxylation sites is 1. The van der Waals surface area contributed by atoms with Gasteiger partial charge in [0.1, 0.15) is 5.75 Å². The van der Waals surface area contributed by atoms with Gasteiger partial charge in [-0.25, -0.2) is 4.79 Å². The Hall–Kier alpha value is -2.57. The molecule has 0 saturated carbocycles. The van der Waals surface area contributed by atoms with Crippen molar-refractivity contribution in [3.8, 4) is 16.9 Å². The minimum atomic E-state index is -0.218. The highest BCUT2D eigenvalue weighted by Crippen LogP contribution is 2.30. The Kier molecular flexibility index (Phi) is 5.75. The number of benzene rings is 2. The molecule has 1 saturated heterocycles. The van der Waals surface area contributed by atoms with Crippen molar-refractivity contribution in [1.82, 2.24) is 4.90 Å². The van der Waals surface area contributed by atoms with Crippen LogP contribution >= 0.6 is 0 Å². The number of ether oxygens (including phenoxy) is 1. The van der Waals surface area contributed by atoms with Crippen molar-refractivity contribution in [2.75, 3.05) is 38.7 Å². The van der Waals surface area contributed by atoms with E-state index in [1.807, 2.05) is 48.5 Å². The molecule has 1 aliphatic rings. The summed E-state index contributed by atoms with van der Waals surface area (Å²) in [6.07, 6.45) is 0. The van der Waals surface area contributed by atoms with E-state index in [2.05, 4.69) is 5.32 Å². The molecule has 0 aliphatic carbocycles. The Morgan fingerprint density at radius 3 is 2.27 bits per heavy atom. The second-order valence-electron chi connectivity index (χ2n) is 6.50. The van der Waals surface area contributed by atoms with Gasteiger partial charge in [0.25, 0.3) is 0 Å². The standard InChI is InChI=1S/C20H24N2O4/c1-26-19-5-3-2-4-18(19)14-6-8-17(9-7-14)21-20(25)22-10-15(12-23)16(11-22)13-24/h2-9,15-16,23-24H,10-13H2,1H3,(H,21,25)/t15-,16-/m0/s1. The zero-order chi connectivity index (χ0) is 18.5. The molecule has 2 aromatic rings. The Morgan fingerprint density at radius 2 is 1.69 bits per heavy atom. The summed E-state index contributed by atoms with van der Waals surface area (Å²) < 4.78 is 5.39. The highest BCUT2D eigenvalue weighted by Gasteiger charge is 2.34. The number of amides is 2. The lowest BCUT2D eigenvalue weighted by Crippen LogP contribution is -2.33. The number of nitrogens with zero attached hydrogens (tertiary/aromatic N) is 1. The third-order valence-electron chi connectivity index (χ3n) is 4.89. The van der Waals surface area contributed by atoms with Crippen molar-refractivity contribution >= 4 is 11.7 Å². The lowest BCUT2D eigenvalue weighted by atomic mass is 9.98. The van der Waals surface area contributed by atoms with E-state index in [1.54, 1.807) is 12.0 Å². The van der Waals surface area contributed by atoms with Crippen LogP contribution in [0.5, 0.6) is 5.75 Å². The molecule has 6 nitrogen and oxygen atoms in total. The van der Waals surface area contributed by atoms with E-state index in [9.17, 15) is 15.0 Å². The summed E-state index contributed by atoms with van der Waals surface area (Å²) in [4.78, 5) is 14.1. The summed E-state index contributed by atoms with van der Waals surface area (Å²) in [6, 6.07) is 15.1. The van der Waals surface area contributed by atoms with Crippen LogP contribution in [-0.4, -0.2) is 54.6 Å². The van der Waals surface area contributed by atoms with E-state index in [1.165, 1.54) is 0 Å². The van der Waals surface area contributed by atoms with Gasteiger partial charge < -0.3 is 25.2 Å². The van der Waals surface area contributed by atoms with E-state index in [-0.39, 0.29) is 31.1 Å². The lowest BCUT2D eigenvalue weighted by Gasteiger charge is -2.17. The molecule has 2 amide bonds. The summed E-state index contributed by atoms with van der Waals surface area (Å²) in [5.74, 6) is 0.656. The number of methoxy groups -OCH3 is 1. The fourth-order valence-electron chi connectivity index (χ4n) is 3.34. The molecule has 0 aromatic heterocycles. The van der Waals surface area contributed by atoms with Crippen molar-refractivity contribution in [3.63, 3.8) is 0 Å². The van der Waals surface area contributed by atoms with Crippen LogP contribution in [-0.2, 0) is 0 Å². The number of urea groups is 1. The Bertz CT molecular complexity index is 736. The monoisotopic (exact) mass is 356 g/mol. The SMILES string of the molecule is COc1ccccc1-c1ccc(NC(=O)N2C[C@@H](CO)[C@H](CO)C2)cc1. The second-order valence-corrected chi connectivity index (χ2v) is 6.50. The predicted molar refractivity (Wildman–Crippen MR) is 100 cm³/mol. The van der Waals surface area contributed by atoms with Gasteiger partial charge in [0.15, 0.2) is 0 Å². The predicted octanol–water partition coefficient (Wildman–Crippen LogP) is 2.43. The van der Waals surface area contributed by atoms with Crippen molar-refractivity contribution in [2.24, 2.45) is 11.8 Å². The number of hydrogen-bond donors (Lipinski definition) is 3. The molecule has 1 heterocycles. The van der Waals surface area contributed by atoms with Crippen LogP contribution in [0.2, 0.25) is 0 Å². The topological polar surface area (TPSA) is 82.0 Å². The average molecular weight is 356 g/mol. The number of nitrogens with one attached hydrogen (secondary N) is 1. The molecule has 3 N–H and O–H groups in total. The fourth-order valence-corrected chi connectivity index (χ4v) is 3.34. The van der Waals surface area contributed by atoms with Crippen molar-refractivity contribution < 1.29 is 19.7 Å². The molecular formula is C20H24N2O4. The van der Waals surface area contributed by atoms with E-state index >= 15 is 0 Å². The maximum Gasteiger partial charge on any atom is 0.321 e. The number of rotatable bonds is 5. The molecule has 2 aromatic carbocycles. The highest BCUT2D eigenvalue weighted by atomic mass is 16.5. The Labute approximate surface area is 153 Å². The van der Waals surface area contributed by atoms with Gasteiger partial charge in [0.2, 0.25) is 0 Å². The first-order valence-electron chi connectivity index (χ1n) is 8.67. The molecule has 6 heteroatoms. The minimum absolute atomic E-state index is 0.0252. The summed E-state index contributed by atoms with van der Waals surface area (Å²) in [5.41, 5.74) is 2.69. The van der Waals surface area contributed by atoms with Crippen molar-refractivity contribution in [3.05, 3.63) is 48.5 Å². The number of carbonyl (C=O) groups is 1. The number of hydrogen-bond acceptors (Lipinski definition) is 4. The van der Waals surface area contributed by atoms with Gasteiger partial charge in [0.05, 0.1) is 7.11 Å². The summed E-state index contributed by atoms with van der Waals surface area (Å²) in [6.45, 7) is 0.852. The first-order valence-corrected chi connectivity index (χ1v) is 8.67. The zero-order valence-corrected chi connectivity index (χ0v) is 14.8. The van der Waals surface area contributed by atoms with Gasteiger partial charge in [-0.3, -0.25) is 0 Å². The Balaban J connectivity index is 1.67. The maximum absolute atomic E-state index is 12.4. The number of aliphatic hydroxyl groups is 2. The number of anilines is 1. The molecule has 2 atom stereocenters. The zero-order valence-electron chi connectivity index (χ0n) is 14.8. The average Bonchev–Trinajstić information content (AvgIpc) is 3.12.